The van der Waals surface area contributed by atoms with Crippen molar-refractivity contribution in [2.24, 2.45) is 11.8 Å². The number of halogens is 8. The van der Waals surface area contributed by atoms with Gasteiger partial charge in [-0.15, -0.1) is 0 Å². The molecule has 1 saturated carbocycles. The Labute approximate surface area is 266 Å². The molecule has 48 heavy (non-hydrogen) atoms. The summed E-state index contributed by atoms with van der Waals surface area (Å²) in [5.74, 6) is -15.7. The Morgan fingerprint density at radius 2 is 0.875 bits per heavy atom. The van der Waals surface area contributed by atoms with Crippen LogP contribution in [-0.2, 0) is 13.1 Å². The molecule has 3 aromatic rings. The first-order valence-electron chi connectivity index (χ1n) is 14.4. The number of hydrogen-bond acceptors (Lipinski definition) is 5. The molecule has 1 aromatic heterocycles. The molecule has 2 aromatic carbocycles. The lowest BCUT2D eigenvalue weighted by molar-refractivity contribution is -0.0752. The number of amides is 4. The molecule has 2 unspecified atom stereocenters. The second kappa shape index (κ2) is 13.9. The average molecular weight is 684 g/mol. The molecule has 1 aliphatic carbocycles. The topological polar surface area (TPSA) is 129 Å². The van der Waals surface area contributed by atoms with Crippen LogP contribution in [0, 0.1) is 35.1 Å². The first-order chi connectivity index (χ1) is 22.8. The zero-order chi connectivity index (χ0) is 34.9. The van der Waals surface area contributed by atoms with Crippen LogP contribution in [0.3, 0.4) is 0 Å². The Hall–Kier alpha value is -5.09. The van der Waals surface area contributed by atoms with Gasteiger partial charge in [0.1, 0.15) is 36.1 Å². The van der Waals surface area contributed by atoms with Crippen molar-refractivity contribution in [2.75, 3.05) is 13.1 Å². The number of pyridine rings is 1. The highest BCUT2D eigenvalue weighted by molar-refractivity contribution is 5.99. The first kappa shape index (κ1) is 34.3. The maximum Gasteiger partial charge on any atom is 0.270 e. The number of alkyl halides is 4. The lowest BCUT2D eigenvalue weighted by atomic mass is 9.76. The monoisotopic (exact) mass is 683 g/mol. The molecule has 4 N–H and O–H groups in total. The van der Waals surface area contributed by atoms with Crippen molar-refractivity contribution in [3.05, 3.63) is 99.4 Å². The van der Waals surface area contributed by atoms with Crippen molar-refractivity contribution in [2.45, 2.75) is 37.8 Å². The molecular weight excluding hydrogens is 658 g/mol. The molecule has 0 spiro atoms. The standard InChI is InChI=1S/C31H25F8N5O4/c32-20-14-8-40-28(45)12-3-1-4-13(7-12)29(46)41-9-15-22(34)26(38)17(27(39)23(15)35)11-43-31(48)19-6-2-5-18(44-19)30(47)42-10-16(24(20)36)25(37)21(14)33/h1-7,14,16,20-21,24-25H,8-11H2,(H,40,45)(H,41,46)(H,42,47)(H,43,48)/t14?,16?,20-,21+,24+,25-. The molecule has 1 fully saturated rings. The predicted molar refractivity (Wildman–Crippen MR) is 151 cm³/mol. The molecule has 0 saturated heterocycles. The minimum Gasteiger partial charge on any atom is -0.352 e. The summed E-state index contributed by atoms with van der Waals surface area (Å²) in [5.41, 5.74) is -3.95. The fourth-order valence-corrected chi connectivity index (χ4v) is 5.41. The van der Waals surface area contributed by atoms with Gasteiger partial charge in [-0.2, -0.15) is 0 Å². The van der Waals surface area contributed by atoms with E-state index in [0.29, 0.717) is 0 Å². The highest BCUT2D eigenvalue weighted by Crippen LogP contribution is 2.37. The molecule has 5 heterocycles. The Kier molecular flexibility index (Phi) is 9.95. The van der Waals surface area contributed by atoms with E-state index in [2.05, 4.69) is 20.9 Å². The van der Waals surface area contributed by atoms with Gasteiger partial charge in [0.2, 0.25) is 0 Å². The Balaban J connectivity index is 1.47. The average Bonchev–Trinajstić information content (AvgIpc) is 3.09. The van der Waals surface area contributed by atoms with Crippen LogP contribution in [0.4, 0.5) is 35.1 Å². The van der Waals surface area contributed by atoms with Crippen LogP contribution in [0.2, 0.25) is 0 Å². The molecule has 6 atom stereocenters. The second-order valence-corrected chi connectivity index (χ2v) is 11.1. The van der Waals surface area contributed by atoms with E-state index < -0.39 is 132 Å². The largest absolute Gasteiger partial charge is 0.352 e. The van der Waals surface area contributed by atoms with Crippen molar-refractivity contribution < 1.29 is 54.3 Å². The maximum absolute atomic E-state index is 15.1. The van der Waals surface area contributed by atoms with Gasteiger partial charge in [0.15, 0.2) is 23.3 Å². The maximum atomic E-state index is 15.1. The molecule has 8 rings (SSSR count). The van der Waals surface area contributed by atoms with Gasteiger partial charge in [0, 0.05) is 60.3 Å². The molecule has 4 aliphatic heterocycles. The Morgan fingerprint density at radius 1 is 0.521 bits per heavy atom. The minimum absolute atomic E-state index is 0.251. The third-order valence-electron chi connectivity index (χ3n) is 8.14. The van der Waals surface area contributed by atoms with E-state index in [9.17, 15) is 36.7 Å². The third-order valence-corrected chi connectivity index (χ3v) is 8.14. The SMILES string of the molecule is O=C1NCc2c(F)c(F)c(c(F)c2F)CNC(=O)c2cccc(n2)C(=O)NCC2[C@@H](F)[C@@H](F)C(CNC(=O)c3cccc1c3)[C@@H](F)[C@H]2F. The number of aromatic nitrogens is 1. The number of carbonyl (C=O) groups is 4. The summed E-state index contributed by atoms with van der Waals surface area (Å²) in [5, 5.41) is 8.33. The molecule has 254 valence electrons. The zero-order valence-corrected chi connectivity index (χ0v) is 24.4. The van der Waals surface area contributed by atoms with E-state index in [1.165, 1.54) is 18.2 Å². The van der Waals surface area contributed by atoms with Crippen LogP contribution < -0.4 is 21.3 Å². The van der Waals surface area contributed by atoms with E-state index in [-0.39, 0.29) is 11.1 Å². The molecule has 8 bridgehead atoms. The molecule has 17 heteroatoms. The summed E-state index contributed by atoms with van der Waals surface area (Å²) in [6.07, 6.45) is -10.4. The summed E-state index contributed by atoms with van der Waals surface area (Å²) in [6, 6.07) is 7.83. The van der Waals surface area contributed by atoms with Crippen molar-refractivity contribution >= 4 is 23.6 Å². The molecular formula is C31H25F8N5O4. The van der Waals surface area contributed by atoms with Gasteiger partial charge >= 0.3 is 0 Å². The fraction of sp³-hybridized carbons (Fsp3) is 0.323. The minimum atomic E-state index is -2.60. The fourth-order valence-electron chi connectivity index (χ4n) is 5.41. The van der Waals surface area contributed by atoms with Gasteiger partial charge in [0.05, 0.1) is 0 Å². The quantitative estimate of drug-likeness (QED) is 0.213. The highest BCUT2D eigenvalue weighted by Gasteiger charge is 2.52. The number of benzene rings is 2. The van der Waals surface area contributed by atoms with Crippen molar-refractivity contribution in [1.82, 2.24) is 26.3 Å². The van der Waals surface area contributed by atoms with Gasteiger partial charge in [-0.1, -0.05) is 12.1 Å². The van der Waals surface area contributed by atoms with E-state index in [1.54, 1.807) is 0 Å². The number of nitrogens with zero attached hydrogens (tertiary/aromatic N) is 1. The number of hydrogen-bond donors (Lipinski definition) is 4. The van der Waals surface area contributed by atoms with Crippen LogP contribution in [0.15, 0.2) is 42.5 Å². The van der Waals surface area contributed by atoms with Crippen LogP contribution in [-0.4, -0.2) is 66.4 Å². The summed E-state index contributed by atoms with van der Waals surface area (Å²) in [7, 11) is 0. The van der Waals surface area contributed by atoms with Gasteiger partial charge in [0.25, 0.3) is 23.6 Å². The zero-order valence-electron chi connectivity index (χ0n) is 24.4. The van der Waals surface area contributed by atoms with Crippen molar-refractivity contribution in [3.63, 3.8) is 0 Å². The van der Waals surface area contributed by atoms with E-state index in [0.717, 1.165) is 24.3 Å². The predicted octanol–water partition coefficient (Wildman–Crippen LogP) is 3.57. The molecule has 5 aliphatic rings. The van der Waals surface area contributed by atoms with Crippen molar-refractivity contribution in [3.8, 4) is 0 Å². The number of carbonyl (C=O) groups excluding carboxylic acids is 4. The number of rotatable bonds is 0. The van der Waals surface area contributed by atoms with Crippen LogP contribution in [0.25, 0.3) is 0 Å². The van der Waals surface area contributed by atoms with Gasteiger partial charge in [-0.05, 0) is 30.3 Å². The Bertz CT molecular complexity index is 1610. The molecule has 4 amide bonds. The highest BCUT2D eigenvalue weighted by atomic mass is 19.2. The summed E-state index contributed by atoms with van der Waals surface area (Å²) in [4.78, 5) is 54.5. The first-order valence-corrected chi connectivity index (χ1v) is 14.4. The lowest BCUT2D eigenvalue weighted by Crippen LogP contribution is -2.57. The molecule has 9 nitrogen and oxygen atoms in total. The van der Waals surface area contributed by atoms with E-state index in [1.807, 2.05) is 5.32 Å². The summed E-state index contributed by atoms with van der Waals surface area (Å²) < 4.78 is 120. The summed E-state index contributed by atoms with van der Waals surface area (Å²) >= 11 is 0. The van der Waals surface area contributed by atoms with E-state index >= 15 is 17.6 Å². The van der Waals surface area contributed by atoms with Gasteiger partial charge < -0.3 is 21.3 Å². The van der Waals surface area contributed by atoms with E-state index in [4.69, 9.17) is 0 Å². The van der Waals surface area contributed by atoms with Crippen molar-refractivity contribution in [1.29, 1.82) is 0 Å². The molecule has 0 radical (unpaired) electrons. The third kappa shape index (κ3) is 6.66. The smallest absolute Gasteiger partial charge is 0.270 e. The Morgan fingerprint density at radius 3 is 1.33 bits per heavy atom. The van der Waals surface area contributed by atoms with Crippen LogP contribution in [0.5, 0.6) is 0 Å². The normalized spacial score (nSPS) is 25.6. The van der Waals surface area contributed by atoms with Gasteiger partial charge in [-0.25, -0.2) is 40.1 Å². The van der Waals surface area contributed by atoms with Gasteiger partial charge in [-0.3, -0.25) is 19.2 Å². The second-order valence-electron chi connectivity index (χ2n) is 11.1. The summed E-state index contributed by atoms with van der Waals surface area (Å²) in [6.45, 7) is -3.89. The number of nitrogens with one attached hydrogen (secondary N) is 4. The van der Waals surface area contributed by atoms with Crippen LogP contribution in [0.1, 0.15) is 52.8 Å². The van der Waals surface area contributed by atoms with Crippen LogP contribution >= 0.6 is 0 Å². The lowest BCUT2D eigenvalue weighted by Gasteiger charge is -2.39.